The molecule has 5 nitrogen and oxygen atoms in total. The highest BCUT2D eigenvalue weighted by Crippen LogP contribution is 2.24. The van der Waals surface area contributed by atoms with Crippen LogP contribution in [0.2, 0.25) is 0 Å². The molecule has 0 amide bonds. The van der Waals surface area contributed by atoms with Gasteiger partial charge in [-0.15, -0.1) is 0 Å². The molecule has 1 fully saturated rings. The van der Waals surface area contributed by atoms with Gasteiger partial charge in [0.05, 0.1) is 6.54 Å². The lowest BCUT2D eigenvalue weighted by Gasteiger charge is -2.19. The number of hydrogen-bond acceptors (Lipinski definition) is 4. The van der Waals surface area contributed by atoms with Gasteiger partial charge in [0.25, 0.3) is 10.0 Å². The van der Waals surface area contributed by atoms with Crippen LogP contribution in [0.15, 0.2) is 21.6 Å². The van der Waals surface area contributed by atoms with Gasteiger partial charge in [-0.1, -0.05) is 12.8 Å². The maximum absolute atomic E-state index is 12.2. The molecule has 1 aromatic rings. The Hall–Kier alpha value is -0.850. The van der Waals surface area contributed by atoms with E-state index in [-0.39, 0.29) is 10.6 Å². The molecule has 0 saturated heterocycles. The summed E-state index contributed by atoms with van der Waals surface area (Å²) in [7, 11) is -3.53. The summed E-state index contributed by atoms with van der Waals surface area (Å²) in [5, 5.41) is 3.28. The second kappa shape index (κ2) is 6.50. The van der Waals surface area contributed by atoms with Crippen molar-refractivity contribution in [1.82, 2.24) is 10.0 Å². The summed E-state index contributed by atoms with van der Waals surface area (Å²) < 4.78 is 32.5. The van der Waals surface area contributed by atoms with Crippen LogP contribution < -0.4 is 10.0 Å². The molecule has 2 rings (SSSR count). The zero-order chi connectivity index (χ0) is 15.5. The Morgan fingerprint density at radius 3 is 2.52 bits per heavy atom. The Bertz CT molecular complexity index is 552. The summed E-state index contributed by atoms with van der Waals surface area (Å²) in [4.78, 5) is 0. The predicted octanol–water partition coefficient (Wildman–Crippen LogP) is 2.64. The SMILES string of the molecule is CC(C)(C)NCc1ccc(S(=O)(=O)NCC2CCCC2)o1. The Morgan fingerprint density at radius 2 is 1.90 bits per heavy atom. The summed E-state index contributed by atoms with van der Waals surface area (Å²) in [6, 6.07) is 3.24. The fourth-order valence-electron chi connectivity index (χ4n) is 2.46. The van der Waals surface area contributed by atoms with Crippen LogP contribution in [0.3, 0.4) is 0 Å². The van der Waals surface area contributed by atoms with E-state index in [0.717, 1.165) is 12.8 Å². The van der Waals surface area contributed by atoms with Crippen molar-refractivity contribution in [2.45, 2.75) is 63.6 Å². The molecule has 0 radical (unpaired) electrons. The molecular formula is C15H26N2O3S. The van der Waals surface area contributed by atoms with E-state index < -0.39 is 10.0 Å². The van der Waals surface area contributed by atoms with Crippen LogP contribution >= 0.6 is 0 Å². The molecule has 1 aromatic heterocycles. The van der Waals surface area contributed by atoms with Gasteiger partial charge in [-0.2, -0.15) is 0 Å². The van der Waals surface area contributed by atoms with Crippen molar-refractivity contribution in [1.29, 1.82) is 0 Å². The molecule has 1 aliphatic rings. The number of hydrogen-bond donors (Lipinski definition) is 2. The van der Waals surface area contributed by atoms with E-state index in [0.29, 0.717) is 24.8 Å². The fourth-order valence-corrected chi connectivity index (χ4v) is 3.52. The Morgan fingerprint density at radius 1 is 1.24 bits per heavy atom. The third kappa shape index (κ3) is 5.13. The summed E-state index contributed by atoms with van der Waals surface area (Å²) >= 11 is 0. The van der Waals surface area contributed by atoms with Crippen LogP contribution in [-0.4, -0.2) is 20.5 Å². The molecule has 6 heteroatoms. The van der Waals surface area contributed by atoms with Gasteiger partial charge >= 0.3 is 0 Å². The molecule has 1 heterocycles. The molecule has 0 bridgehead atoms. The first-order valence-corrected chi connectivity index (χ1v) is 9.08. The van der Waals surface area contributed by atoms with Crippen molar-refractivity contribution in [3.63, 3.8) is 0 Å². The summed E-state index contributed by atoms with van der Waals surface area (Å²) in [6.45, 7) is 7.19. The van der Waals surface area contributed by atoms with E-state index in [1.807, 2.05) is 0 Å². The van der Waals surface area contributed by atoms with E-state index in [9.17, 15) is 8.42 Å². The van der Waals surface area contributed by atoms with Crippen LogP contribution in [0.4, 0.5) is 0 Å². The van der Waals surface area contributed by atoms with Gasteiger partial charge in [-0.25, -0.2) is 13.1 Å². The summed E-state index contributed by atoms with van der Waals surface area (Å²) in [6.07, 6.45) is 4.63. The Labute approximate surface area is 127 Å². The monoisotopic (exact) mass is 314 g/mol. The quantitative estimate of drug-likeness (QED) is 0.847. The number of nitrogens with one attached hydrogen (secondary N) is 2. The average Bonchev–Trinajstić information content (AvgIpc) is 3.05. The van der Waals surface area contributed by atoms with E-state index in [1.54, 1.807) is 6.07 Å². The van der Waals surface area contributed by atoms with Crippen molar-refractivity contribution >= 4 is 10.0 Å². The summed E-state index contributed by atoms with van der Waals surface area (Å²) in [5.74, 6) is 1.10. The van der Waals surface area contributed by atoms with E-state index >= 15 is 0 Å². The molecule has 21 heavy (non-hydrogen) atoms. The molecule has 0 aromatic carbocycles. The molecule has 1 saturated carbocycles. The molecule has 2 N–H and O–H groups in total. The zero-order valence-corrected chi connectivity index (χ0v) is 13.9. The zero-order valence-electron chi connectivity index (χ0n) is 13.1. The number of sulfonamides is 1. The predicted molar refractivity (Wildman–Crippen MR) is 82.4 cm³/mol. The second-order valence-electron chi connectivity index (χ2n) is 6.83. The Kier molecular flexibility index (Phi) is 5.11. The lowest BCUT2D eigenvalue weighted by molar-refractivity contribution is 0.358. The van der Waals surface area contributed by atoms with Crippen LogP contribution in [0.5, 0.6) is 0 Å². The largest absolute Gasteiger partial charge is 0.447 e. The van der Waals surface area contributed by atoms with Gasteiger partial charge in [0.15, 0.2) is 0 Å². The highest BCUT2D eigenvalue weighted by atomic mass is 32.2. The maximum Gasteiger partial charge on any atom is 0.273 e. The van der Waals surface area contributed by atoms with Crippen LogP contribution in [0.1, 0.15) is 52.2 Å². The minimum absolute atomic E-state index is 0.00575. The topological polar surface area (TPSA) is 71.3 Å². The molecule has 120 valence electrons. The molecular weight excluding hydrogens is 288 g/mol. The van der Waals surface area contributed by atoms with E-state index in [2.05, 4.69) is 30.8 Å². The van der Waals surface area contributed by atoms with Gasteiger partial charge in [-0.3, -0.25) is 0 Å². The van der Waals surface area contributed by atoms with E-state index in [4.69, 9.17) is 4.42 Å². The van der Waals surface area contributed by atoms with Crippen molar-refractivity contribution in [3.8, 4) is 0 Å². The fraction of sp³-hybridized carbons (Fsp3) is 0.733. The minimum Gasteiger partial charge on any atom is -0.447 e. The first-order chi connectivity index (χ1) is 9.76. The Balaban J connectivity index is 1.92. The lowest BCUT2D eigenvalue weighted by Crippen LogP contribution is -2.34. The number of rotatable bonds is 6. The smallest absolute Gasteiger partial charge is 0.273 e. The van der Waals surface area contributed by atoms with Crippen LogP contribution in [0.25, 0.3) is 0 Å². The molecule has 1 aliphatic carbocycles. The van der Waals surface area contributed by atoms with Crippen LogP contribution in [0, 0.1) is 5.92 Å². The van der Waals surface area contributed by atoms with Crippen molar-refractivity contribution in [2.24, 2.45) is 5.92 Å². The van der Waals surface area contributed by atoms with Crippen molar-refractivity contribution in [3.05, 3.63) is 17.9 Å². The average molecular weight is 314 g/mol. The molecule has 0 aliphatic heterocycles. The first kappa shape index (κ1) is 16.5. The summed E-state index contributed by atoms with van der Waals surface area (Å²) in [5.41, 5.74) is -0.0352. The highest BCUT2D eigenvalue weighted by Gasteiger charge is 2.22. The van der Waals surface area contributed by atoms with Crippen molar-refractivity contribution in [2.75, 3.05) is 6.54 Å². The van der Waals surface area contributed by atoms with Gasteiger partial charge in [0.1, 0.15) is 5.76 Å². The van der Waals surface area contributed by atoms with Crippen LogP contribution in [-0.2, 0) is 16.6 Å². The van der Waals surface area contributed by atoms with Gasteiger partial charge in [0.2, 0.25) is 5.09 Å². The second-order valence-corrected chi connectivity index (χ2v) is 8.52. The van der Waals surface area contributed by atoms with Gasteiger partial charge < -0.3 is 9.73 Å². The third-order valence-electron chi connectivity index (χ3n) is 3.73. The normalized spacial score (nSPS) is 17.5. The van der Waals surface area contributed by atoms with Gasteiger partial charge in [0, 0.05) is 12.1 Å². The maximum atomic E-state index is 12.2. The molecule has 0 unspecified atom stereocenters. The molecule has 0 atom stereocenters. The third-order valence-corrected chi connectivity index (χ3v) is 5.03. The lowest BCUT2D eigenvalue weighted by atomic mass is 10.1. The first-order valence-electron chi connectivity index (χ1n) is 7.60. The van der Waals surface area contributed by atoms with Crippen molar-refractivity contribution < 1.29 is 12.8 Å². The minimum atomic E-state index is -3.53. The van der Waals surface area contributed by atoms with Gasteiger partial charge in [-0.05, 0) is 51.7 Å². The number of furan rings is 1. The van der Waals surface area contributed by atoms with E-state index in [1.165, 1.54) is 18.9 Å². The molecule has 0 spiro atoms. The standard InChI is InChI=1S/C15H26N2O3S/c1-15(2,3)16-11-13-8-9-14(20-13)21(18,19)17-10-12-6-4-5-7-12/h8-9,12,16-17H,4-7,10-11H2,1-3H3. The highest BCUT2D eigenvalue weighted by molar-refractivity contribution is 7.89.